The lowest BCUT2D eigenvalue weighted by molar-refractivity contribution is -0.151. The summed E-state index contributed by atoms with van der Waals surface area (Å²) in [4.78, 5) is 24.4. The number of hydrogen-bond acceptors (Lipinski definition) is 4. The summed E-state index contributed by atoms with van der Waals surface area (Å²) in [5, 5.41) is 0. The van der Waals surface area contributed by atoms with Crippen molar-refractivity contribution >= 4 is 17.6 Å². The number of esters is 1. The van der Waals surface area contributed by atoms with Gasteiger partial charge in [0, 0.05) is 12.7 Å². The van der Waals surface area contributed by atoms with Crippen molar-refractivity contribution in [2.45, 2.75) is 20.8 Å². The summed E-state index contributed by atoms with van der Waals surface area (Å²) in [6, 6.07) is 1.82. The molecule has 104 valence electrons. The molecule has 0 radical (unpaired) electrons. The molecule has 1 rings (SSSR count). The SMILES string of the molecule is COC(=O)C(=O)N(C)c1cc(C)c(OC)c(C)c1C. The van der Waals surface area contributed by atoms with Crippen molar-refractivity contribution in [1.29, 1.82) is 0 Å². The number of hydrogen-bond donors (Lipinski definition) is 0. The number of anilines is 1. The molecule has 1 aromatic rings. The van der Waals surface area contributed by atoms with Gasteiger partial charge in [-0.1, -0.05) is 0 Å². The minimum Gasteiger partial charge on any atom is -0.496 e. The van der Waals surface area contributed by atoms with Gasteiger partial charge < -0.3 is 14.4 Å². The van der Waals surface area contributed by atoms with Crippen molar-refractivity contribution in [2.75, 3.05) is 26.2 Å². The lowest BCUT2D eigenvalue weighted by atomic mass is 10.0. The van der Waals surface area contributed by atoms with Crippen molar-refractivity contribution < 1.29 is 19.1 Å². The van der Waals surface area contributed by atoms with Gasteiger partial charge >= 0.3 is 11.9 Å². The number of carbonyl (C=O) groups is 2. The van der Waals surface area contributed by atoms with Gasteiger partial charge in [0.05, 0.1) is 14.2 Å². The van der Waals surface area contributed by atoms with Crippen LogP contribution in [0.2, 0.25) is 0 Å². The van der Waals surface area contributed by atoms with E-state index in [1.54, 1.807) is 14.2 Å². The highest BCUT2D eigenvalue weighted by Gasteiger charge is 2.23. The second-order valence-corrected chi connectivity index (χ2v) is 4.35. The number of likely N-dealkylation sites (N-methyl/N-ethyl adjacent to an activating group) is 1. The van der Waals surface area contributed by atoms with Gasteiger partial charge in [0.15, 0.2) is 0 Å². The summed E-state index contributed by atoms with van der Waals surface area (Å²) in [5.74, 6) is -0.789. The van der Waals surface area contributed by atoms with Crippen LogP contribution in [0, 0.1) is 20.8 Å². The van der Waals surface area contributed by atoms with Crippen LogP contribution in [0.1, 0.15) is 16.7 Å². The van der Waals surface area contributed by atoms with Crippen LogP contribution < -0.4 is 9.64 Å². The van der Waals surface area contributed by atoms with Crippen LogP contribution in [0.25, 0.3) is 0 Å². The van der Waals surface area contributed by atoms with Crippen LogP contribution in [0.4, 0.5) is 5.69 Å². The maximum atomic E-state index is 11.8. The molecule has 0 saturated carbocycles. The minimum atomic E-state index is -0.881. The number of methoxy groups -OCH3 is 2. The molecule has 19 heavy (non-hydrogen) atoms. The van der Waals surface area contributed by atoms with Crippen LogP contribution in [0.3, 0.4) is 0 Å². The Kier molecular flexibility index (Phi) is 4.53. The van der Waals surface area contributed by atoms with Crippen molar-refractivity contribution in [3.05, 3.63) is 22.8 Å². The van der Waals surface area contributed by atoms with Crippen LogP contribution in [-0.2, 0) is 14.3 Å². The first kappa shape index (κ1) is 15.0. The predicted octanol–water partition coefficient (Wildman–Crippen LogP) is 1.76. The van der Waals surface area contributed by atoms with E-state index in [2.05, 4.69) is 4.74 Å². The molecular formula is C14H19NO4. The number of benzene rings is 1. The molecule has 0 aliphatic rings. The topological polar surface area (TPSA) is 55.8 Å². The Labute approximate surface area is 113 Å². The highest BCUT2D eigenvalue weighted by atomic mass is 16.5. The number of rotatable bonds is 2. The summed E-state index contributed by atoms with van der Waals surface area (Å²) in [6.07, 6.45) is 0. The molecule has 0 bridgehead atoms. The quantitative estimate of drug-likeness (QED) is 0.604. The van der Waals surface area contributed by atoms with Crippen molar-refractivity contribution in [2.24, 2.45) is 0 Å². The van der Waals surface area contributed by atoms with Gasteiger partial charge in [0.2, 0.25) is 0 Å². The molecule has 0 aromatic heterocycles. The third-order valence-corrected chi connectivity index (χ3v) is 3.23. The molecule has 0 heterocycles. The molecule has 0 aliphatic carbocycles. The van der Waals surface area contributed by atoms with Crippen LogP contribution in [0.15, 0.2) is 6.07 Å². The van der Waals surface area contributed by atoms with Gasteiger partial charge in [0.1, 0.15) is 5.75 Å². The van der Waals surface area contributed by atoms with Crippen molar-refractivity contribution in [3.8, 4) is 5.75 Å². The maximum absolute atomic E-state index is 11.8. The van der Waals surface area contributed by atoms with Gasteiger partial charge in [-0.3, -0.25) is 4.79 Å². The van der Waals surface area contributed by atoms with E-state index < -0.39 is 11.9 Å². The predicted molar refractivity (Wildman–Crippen MR) is 72.6 cm³/mol. The molecular weight excluding hydrogens is 246 g/mol. The zero-order valence-corrected chi connectivity index (χ0v) is 12.2. The molecule has 5 nitrogen and oxygen atoms in total. The summed E-state index contributed by atoms with van der Waals surface area (Å²) in [7, 11) is 4.34. The summed E-state index contributed by atoms with van der Waals surface area (Å²) >= 11 is 0. The largest absolute Gasteiger partial charge is 0.496 e. The summed E-state index contributed by atoms with van der Waals surface area (Å²) in [6.45, 7) is 5.69. The van der Waals surface area contributed by atoms with Crippen LogP contribution >= 0.6 is 0 Å². The van der Waals surface area contributed by atoms with E-state index in [1.165, 1.54) is 12.0 Å². The molecule has 0 N–H and O–H groups in total. The molecule has 0 atom stereocenters. The van der Waals surface area contributed by atoms with Crippen LogP contribution in [0.5, 0.6) is 5.75 Å². The molecule has 1 amide bonds. The Morgan fingerprint density at radius 1 is 1.11 bits per heavy atom. The molecule has 0 unspecified atom stereocenters. The van der Waals surface area contributed by atoms with E-state index in [4.69, 9.17) is 4.74 Å². The van der Waals surface area contributed by atoms with E-state index in [0.717, 1.165) is 22.4 Å². The van der Waals surface area contributed by atoms with Gasteiger partial charge in [-0.05, 0) is 43.5 Å². The molecule has 1 aromatic carbocycles. The Morgan fingerprint density at radius 3 is 2.16 bits per heavy atom. The lowest BCUT2D eigenvalue weighted by Gasteiger charge is -2.22. The van der Waals surface area contributed by atoms with Gasteiger partial charge in [0.25, 0.3) is 0 Å². The van der Waals surface area contributed by atoms with E-state index in [1.807, 2.05) is 26.8 Å². The second kappa shape index (κ2) is 5.73. The number of carbonyl (C=O) groups excluding carboxylic acids is 2. The van der Waals surface area contributed by atoms with Crippen molar-refractivity contribution in [1.82, 2.24) is 0 Å². The third-order valence-electron chi connectivity index (χ3n) is 3.23. The number of nitrogens with zero attached hydrogens (tertiary/aromatic N) is 1. The monoisotopic (exact) mass is 265 g/mol. The lowest BCUT2D eigenvalue weighted by Crippen LogP contribution is -2.34. The first-order valence-corrected chi connectivity index (χ1v) is 5.85. The zero-order valence-electron chi connectivity index (χ0n) is 12.2. The Morgan fingerprint density at radius 2 is 1.68 bits per heavy atom. The Bertz CT molecular complexity index is 523. The summed E-state index contributed by atoms with van der Waals surface area (Å²) in [5.41, 5.74) is 3.42. The van der Waals surface area contributed by atoms with Crippen molar-refractivity contribution in [3.63, 3.8) is 0 Å². The van der Waals surface area contributed by atoms with Gasteiger partial charge in [-0.2, -0.15) is 0 Å². The normalized spacial score (nSPS) is 10.0. The standard InChI is InChI=1S/C14H19NO4/c1-8-7-11(9(2)10(3)12(8)18-5)15(4)13(16)14(17)19-6/h7H,1-6H3. The molecule has 0 aliphatic heterocycles. The second-order valence-electron chi connectivity index (χ2n) is 4.35. The van der Waals surface area contributed by atoms with Crippen LogP contribution in [-0.4, -0.2) is 33.1 Å². The smallest absolute Gasteiger partial charge is 0.397 e. The molecule has 0 saturated heterocycles. The Balaban J connectivity index is 3.29. The average Bonchev–Trinajstić information content (AvgIpc) is 2.40. The fourth-order valence-corrected chi connectivity index (χ4v) is 2.03. The molecule has 0 fully saturated rings. The first-order valence-electron chi connectivity index (χ1n) is 5.85. The van der Waals surface area contributed by atoms with E-state index in [9.17, 15) is 9.59 Å². The fourth-order valence-electron chi connectivity index (χ4n) is 2.03. The van der Waals surface area contributed by atoms with Gasteiger partial charge in [-0.15, -0.1) is 0 Å². The highest BCUT2D eigenvalue weighted by molar-refractivity contribution is 6.38. The number of amides is 1. The minimum absolute atomic E-state index is 0.672. The fraction of sp³-hybridized carbons (Fsp3) is 0.429. The Hall–Kier alpha value is -2.04. The van der Waals surface area contributed by atoms with Gasteiger partial charge in [-0.25, -0.2) is 4.79 Å². The first-order chi connectivity index (χ1) is 8.84. The molecule has 0 spiro atoms. The van der Waals surface area contributed by atoms with E-state index in [0.29, 0.717) is 5.69 Å². The maximum Gasteiger partial charge on any atom is 0.397 e. The number of aryl methyl sites for hydroxylation is 1. The zero-order chi connectivity index (χ0) is 14.7. The van der Waals surface area contributed by atoms with E-state index >= 15 is 0 Å². The molecule has 5 heteroatoms. The number of ether oxygens (including phenoxy) is 2. The third kappa shape index (κ3) is 2.70. The highest BCUT2D eigenvalue weighted by Crippen LogP contribution is 2.33. The summed E-state index contributed by atoms with van der Waals surface area (Å²) < 4.78 is 9.77. The average molecular weight is 265 g/mol. The van der Waals surface area contributed by atoms with E-state index in [-0.39, 0.29) is 0 Å².